The van der Waals surface area contributed by atoms with Gasteiger partial charge in [0, 0.05) is 16.6 Å². The van der Waals surface area contributed by atoms with Crippen LogP contribution in [-0.2, 0) is 17.0 Å². The minimum absolute atomic E-state index is 0.0743. The van der Waals surface area contributed by atoms with Crippen molar-refractivity contribution in [3.8, 4) is 6.07 Å². The molecule has 136 valence electrons. The zero-order valence-electron chi connectivity index (χ0n) is 14.2. The SMILES string of the molecule is N#Cc1ccc(CSc2nnc(NC(=O)CCc3cccc(Br)c3)s2)cc1. The van der Waals surface area contributed by atoms with E-state index < -0.39 is 0 Å². The summed E-state index contributed by atoms with van der Waals surface area (Å²) in [6.45, 7) is 0. The molecule has 1 amide bonds. The fourth-order valence-corrected chi connectivity index (χ4v) is 4.44. The van der Waals surface area contributed by atoms with Crippen molar-refractivity contribution in [3.63, 3.8) is 0 Å². The molecule has 0 aliphatic rings. The first kappa shape index (κ1) is 19.5. The molecular weight excluding hydrogens is 444 g/mol. The topological polar surface area (TPSA) is 78.7 Å². The Labute approximate surface area is 174 Å². The second-order valence-corrected chi connectivity index (χ2v) is 8.76. The second kappa shape index (κ2) is 9.65. The Morgan fingerprint density at radius 3 is 2.74 bits per heavy atom. The first-order chi connectivity index (χ1) is 13.1. The van der Waals surface area contributed by atoms with Crippen molar-refractivity contribution in [2.75, 3.05) is 5.32 Å². The number of rotatable bonds is 7. The van der Waals surface area contributed by atoms with Crippen LogP contribution in [0.2, 0.25) is 0 Å². The van der Waals surface area contributed by atoms with Crippen LogP contribution in [0, 0.1) is 11.3 Å². The maximum atomic E-state index is 12.1. The minimum atomic E-state index is -0.0743. The first-order valence-electron chi connectivity index (χ1n) is 8.12. The van der Waals surface area contributed by atoms with Crippen LogP contribution in [-0.4, -0.2) is 16.1 Å². The van der Waals surface area contributed by atoms with E-state index in [2.05, 4.69) is 37.5 Å². The van der Waals surface area contributed by atoms with Gasteiger partial charge in [-0.3, -0.25) is 4.79 Å². The van der Waals surface area contributed by atoms with Gasteiger partial charge in [0.25, 0.3) is 0 Å². The smallest absolute Gasteiger partial charge is 0.226 e. The van der Waals surface area contributed by atoms with Crippen molar-refractivity contribution in [1.29, 1.82) is 5.26 Å². The quantitative estimate of drug-likeness (QED) is 0.396. The lowest BCUT2D eigenvalue weighted by atomic mass is 10.1. The summed E-state index contributed by atoms with van der Waals surface area (Å²) in [5, 5.41) is 20.3. The third-order valence-electron chi connectivity index (χ3n) is 3.63. The van der Waals surface area contributed by atoms with E-state index in [-0.39, 0.29) is 5.91 Å². The highest BCUT2D eigenvalue weighted by atomic mass is 79.9. The van der Waals surface area contributed by atoms with Crippen molar-refractivity contribution in [2.45, 2.75) is 22.9 Å². The number of anilines is 1. The summed E-state index contributed by atoms with van der Waals surface area (Å²) >= 11 is 6.34. The van der Waals surface area contributed by atoms with Crippen LogP contribution < -0.4 is 5.32 Å². The van der Waals surface area contributed by atoms with E-state index in [1.165, 1.54) is 11.3 Å². The molecule has 0 fully saturated rings. The molecule has 0 saturated carbocycles. The monoisotopic (exact) mass is 458 g/mol. The lowest BCUT2D eigenvalue weighted by Crippen LogP contribution is -2.12. The summed E-state index contributed by atoms with van der Waals surface area (Å²) < 4.78 is 1.80. The molecular formula is C19H15BrN4OS2. The first-order valence-corrected chi connectivity index (χ1v) is 10.7. The van der Waals surface area contributed by atoms with Gasteiger partial charge in [0.15, 0.2) is 4.34 Å². The molecule has 0 radical (unpaired) electrons. The third-order valence-corrected chi connectivity index (χ3v) is 6.16. The molecule has 1 N–H and O–H groups in total. The van der Waals surface area contributed by atoms with E-state index in [0.717, 1.165) is 25.7 Å². The van der Waals surface area contributed by atoms with E-state index in [1.54, 1.807) is 23.9 Å². The molecule has 8 heteroatoms. The summed E-state index contributed by atoms with van der Waals surface area (Å²) in [6.07, 6.45) is 1.06. The number of amides is 1. The van der Waals surface area contributed by atoms with Gasteiger partial charge in [0.2, 0.25) is 11.0 Å². The number of nitrogens with one attached hydrogen (secondary N) is 1. The number of carbonyl (C=O) groups is 1. The summed E-state index contributed by atoms with van der Waals surface area (Å²) in [6, 6.07) is 17.5. The summed E-state index contributed by atoms with van der Waals surface area (Å²) in [7, 11) is 0. The Hall–Kier alpha value is -2.21. The second-order valence-electron chi connectivity index (χ2n) is 5.65. The number of hydrogen-bond donors (Lipinski definition) is 1. The standard InChI is InChI=1S/C19H15BrN4OS2/c20-16-3-1-2-13(10-16)8-9-17(25)22-18-23-24-19(27-18)26-12-15-6-4-14(11-21)5-7-15/h1-7,10H,8-9,12H2,(H,22,23,25). The molecule has 0 atom stereocenters. The Morgan fingerprint density at radius 2 is 2.00 bits per heavy atom. The molecule has 3 rings (SSSR count). The predicted molar refractivity (Wildman–Crippen MR) is 112 cm³/mol. The zero-order chi connectivity index (χ0) is 19.1. The molecule has 1 heterocycles. The lowest BCUT2D eigenvalue weighted by molar-refractivity contribution is -0.116. The molecule has 0 bridgehead atoms. The number of halogens is 1. The van der Waals surface area contributed by atoms with Crippen LogP contribution in [0.3, 0.4) is 0 Å². The number of thioether (sulfide) groups is 1. The molecule has 0 unspecified atom stereocenters. The van der Waals surface area contributed by atoms with E-state index in [9.17, 15) is 4.79 Å². The lowest BCUT2D eigenvalue weighted by Gasteiger charge is -2.02. The number of hydrogen-bond acceptors (Lipinski definition) is 6. The van der Waals surface area contributed by atoms with Gasteiger partial charge in [-0.05, 0) is 41.8 Å². The van der Waals surface area contributed by atoms with Crippen LogP contribution in [0.1, 0.15) is 23.1 Å². The summed E-state index contributed by atoms with van der Waals surface area (Å²) in [5.41, 5.74) is 2.86. The van der Waals surface area contributed by atoms with E-state index in [4.69, 9.17) is 5.26 Å². The average molecular weight is 459 g/mol. The van der Waals surface area contributed by atoms with Gasteiger partial charge in [0.1, 0.15) is 0 Å². The Balaban J connectivity index is 1.46. The van der Waals surface area contributed by atoms with Crippen molar-refractivity contribution in [2.24, 2.45) is 0 Å². The third kappa shape index (κ3) is 6.17. The molecule has 5 nitrogen and oxygen atoms in total. The maximum absolute atomic E-state index is 12.1. The molecule has 0 saturated heterocycles. The van der Waals surface area contributed by atoms with E-state index >= 15 is 0 Å². The number of benzene rings is 2. The highest BCUT2D eigenvalue weighted by Crippen LogP contribution is 2.28. The van der Waals surface area contributed by atoms with Gasteiger partial charge in [-0.1, -0.05) is 63.3 Å². The fraction of sp³-hybridized carbons (Fsp3) is 0.158. The van der Waals surface area contributed by atoms with Gasteiger partial charge in [-0.15, -0.1) is 10.2 Å². The van der Waals surface area contributed by atoms with Crippen molar-refractivity contribution < 1.29 is 4.79 Å². The average Bonchev–Trinajstić information content (AvgIpc) is 3.12. The van der Waals surface area contributed by atoms with Crippen molar-refractivity contribution in [3.05, 3.63) is 69.7 Å². The number of nitriles is 1. The van der Waals surface area contributed by atoms with Gasteiger partial charge in [0.05, 0.1) is 11.6 Å². The number of aromatic nitrogens is 2. The summed E-state index contributed by atoms with van der Waals surface area (Å²) in [5.74, 6) is 0.659. The number of carbonyl (C=O) groups excluding carboxylic acids is 1. The van der Waals surface area contributed by atoms with Crippen LogP contribution in [0.25, 0.3) is 0 Å². The van der Waals surface area contributed by atoms with Crippen LogP contribution in [0.4, 0.5) is 5.13 Å². The van der Waals surface area contributed by atoms with Gasteiger partial charge >= 0.3 is 0 Å². The van der Waals surface area contributed by atoms with Crippen LogP contribution >= 0.6 is 39.0 Å². The Morgan fingerprint density at radius 1 is 1.19 bits per heavy atom. The number of nitrogens with zero attached hydrogens (tertiary/aromatic N) is 3. The predicted octanol–water partition coefficient (Wildman–Crippen LogP) is 5.04. The van der Waals surface area contributed by atoms with E-state index in [0.29, 0.717) is 23.5 Å². The van der Waals surface area contributed by atoms with Crippen molar-refractivity contribution in [1.82, 2.24) is 10.2 Å². The van der Waals surface area contributed by atoms with E-state index in [1.807, 2.05) is 36.4 Å². The van der Waals surface area contributed by atoms with Crippen LogP contribution in [0.5, 0.6) is 0 Å². The normalized spacial score (nSPS) is 10.4. The summed E-state index contributed by atoms with van der Waals surface area (Å²) in [4.78, 5) is 12.1. The largest absolute Gasteiger partial charge is 0.300 e. The Kier molecular flexibility index (Phi) is 6.98. The highest BCUT2D eigenvalue weighted by Gasteiger charge is 2.09. The Bertz CT molecular complexity index is 966. The number of aryl methyl sites for hydroxylation is 1. The molecule has 0 spiro atoms. The fourth-order valence-electron chi connectivity index (χ4n) is 2.27. The zero-order valence-corrected chi connectivity index (χ0v) is 17.4. The molecule has 0 aliphatic heterocycles. The molecule has 0 aliphatic carbocycles. The molecule has 1 aromatic heterocycles. The highest BCUT2D eigenvalue weighted by molar-refractivity contribution is 9.10. The van der Waals surface area contributed by atoms with Gasteiger partial charge in [-0.2, -0.15) is 5.26 Å². The molecule has 2 aromatic carbocycles. The molecule has 3 aromatic rings. The molecule has 27 heavy (non-hydrogen) atoms. The van der Waals surface area contributed by atoms with Crippen LogP contribution in [0.15, 0.2) is 57.3 Å². The maximum Gasteiger partial charge on any atom is 0.226 e. The minimum Gasteiger partial charge on any atom is -0.300 e. The van der Waals surface area contributed by atoms with Crippen molar-refractivity contribution >= 4 is 50.1 Å². The van der Waals surface area contributed by atoms with Gasteiger partial charge < -0.3 is 5.32 Å². The van der Waals surface area contributed by atoms with Gasteiger partial charge in [-0.25, -0.2) is 0 Å².